The number of sulfonamides is 1. The topological polar surface area (TPSA) is 127 Å². The normalized spacial score (nSPS) is 23.6. The lowest BCUT2D eigenvalue weighted by Gasteiger charge is -2.32. The second kappa shape index (κ2) is 8.41. The maximum atomic E-state index is 13.0. The first-order chi connectivity index (χ1) is 15.1. The number of amides is 2. The molecule has 0 unspecified atom stereocenters. The number of piperazine rings is 1. The van der Waals surface area contributed by atoms with Crippen LogP contribution in [-0.4, -0.2) is 82.0 Å². The summed E-state index contributed by atoms with van der Waals surface area (Å²) in [6.45, 7) is 7.43. The van der Waals surface area contributed by atoms with E-state index in [4.69, 9.17) is 14.2 Å². The molecule has 11 nitrogen and oxygen atoms in total. The number of fused-ring (bicyclic) bond motifs is 3. The van der Waals surface area contributed by atoms with Gasteiger partial charge in [0.25, 0.3) is 0 Å². The summed E-state index contributed by atoms with van der Waals surface area (Å²) < 4.78 is 43.8. The van der Waals surface area contributed by atoms with Crippen LogP contribution in [0.15, 0.2) is 23.1 Å². The smallest absolute Gasteiger partial charge is 0.415 e. The second-order valence-corrected chi connectivity index (χ2v) is 10.8. The van der Waals surface area contributed by atoms with E-state index in [-0.39, 0.29) is 18.0 Å². The van der Waals surface area contributed by atoms with Gasteiger partial charge in [0.2, 0.25) is 10.0 Å². The van der Waals surface area contributed by atoms with Gasteiger partial charge in [0.15, 0.2) is 0 Å². The Morgan fingerprint density at radius 1 is 1.28 bits per heavy atom. The van der Waals surface area contributed by atoms with Crippen molar-refractivity contribution in [2.24, 2.45) is 0 Å². The van der Waals surface area contributed by atoms with Crippen molar-refractivity contribution < 1.29 is 32.2 Å². The fraction of sp³-hybridized carbons (Fsp3) is 0.600. The molecule has 0 aliphatic carbocycles. The lowest BCUT2D eigenvalue weighted by atomic mass is 10.1. The van der Waals surface area contributed by atoms with E-state index in [1.165, 1.54) is 21.3 Å². The van der Waals surface area contributed by atoms with Crippen molar-refractivity contribution in [2.75, 3.05) is 44.2 Å². The summed E-state index contributed by atoms with van der Waals surface area (Å²) in [6, 6.07) is 4.02. The van der Waals surface area contributed by atoms with Crippen LogP contribution in [-0.2, 0) is 19.5 Å². The van der Waals surface area contributed by atoms with Gasteiger partial charge in [-0.1, -0.05) is 0 Å². The number of hydrogen-bond acceptors (Lipinski definition) is 8. The maximum Gasteiger partial charge on any atom is 0.415 e. The fourth-order valence-corrected chi connectivity index (χ4v) is 5.34. The fourth-order valence-electron chi connectivity index (χ4n) is 3.88. The Hall–Kier alpha value is -2.57. The Morgan fingerprint density at radius 2 is 2.00 bits per heavy atom. The van der Waals surface area contributed by atoms with E-state index in [9.17, 15) is 18.0 Å². The number of nitrogens with one attached hydrogen (secondary N) is 2. The van der Waals surface area contributed by atoms with E-state index < -0.39 is 40.0 Å². The number of alkyl carbamates (subject to hydrolysis) is 1. The molecule has 1 aromatic rings. The number of anilines is 1. The van der Waals surface area contributed by atoms with Crippen molar-refractivity contribution in [2.45, 2.75) is 43.4 Å². The Balaban J connectivity index is 1.48. The van der Waals surface area contributed by atoms with Gasteiger partial charge in [-0.15, -0.1) is 0 Å². The molecule has 0 aromatic heterocycles. The van der Waals surface area contributed by atoms with Crippen molar-refractivity contribution in [3.63, 3.8) is 0 Å². The molecule has 12 heteroatoms. The Labute approximate surface area is 187 Å². The first kappa shape index (κ1) is 22.6. The molecule has 2 amide bonds. The molecule has 2 N–H and O–H groups in total. The maximum absolute atomic E-state index is 13.0. The minimum absolute atomic E-state index is 0.0654. The van der Waals surface area contributed by atoms with Gasteiger partial charge in [0.05, 0.1) is 17.1 Å². The molecular weight excluding hydrogens is 440 g/mol. The van der Waals surface area contributed by atoms with Gasteiger partial charge in [0, 0.05) is 32.2 Å². The van der Waals surface area contributed by atoms with Crippen molar-refractivity contribution in [3.8, 4) is 5.75 Å². The Kier molecular flexibility index (Phi) is 5.94. The van der Waals surface area contributed by atoms with Gasteiger partial charge in [-0.05, 0) is 32.9 Å². The van der Waals surface area contributed by atoms with Crippen LogP contribution in [0, 0.1) is 0 Å². The number of cyclic esters (lactones) is 1. The van der Waals surface area contributed by atoms with Gasteiger partial charge in [0.1, 0.15) is 30.1 Å². The predicted molar refractivity (Wildman–Crippen MR) is 114 cm³/mol. The number of hydrogen-bond donors (Lipinski definition) is 2. The molecule has 32 heavy (non-hydrogen) atoms. The van der Waals surface area contributed by atoms with Crippen LogP contribution in [0.3, 0.4) is 0 Å². The number of carbonyl (C=O) groups excluding carboxylic acids is 2. The molecule has 3 heterocycles. The summed E-state index contributed by atoms with van der Waals surface area (Å²) >= 11 is 0. The lowest BCUT2D eigenvalue weighted by molar-refractivity contribution is 0.0482. The molecule has 176 valence electrons. The van der Waals surface area contributed by atoms with E-state index in [2.05, 4.69) is 10.6 Å². The molecule has 0 saturated carbocycles. The van der Waals surface area contributed by atoms with Gasteiger partial charge in [-0.3, -0.25) is 4.90 Å². The molecule has 2 atom stereocenters. The van der Waals surface area contributed by atoms with Gasteiger partial charge in [-0.2, -0.15) is 4.31 Å². The van der Waals surface area contributed by atoms with Crippen LogP contribution in [0.25, 0.3) is 0 Å². The van der Waals surface area contributed by atoms with Crippen LogP contribution in [0.1, 0.15) is 20.8 Å². The van der Waals surface area contributed by atoms with Crippen LogP contribution in [0.5, 0.6) is 5.75 Å². The molecular formula is C20H28N4O7S. The average molecular weight is 469 g/mol. The third-order valence-electron chi connectivity index (χ3n) is 5.37. The largest absolute Gasteiger partial charge is 0.489 e. The molecule has 4 rings (SSSR count). The van der Waals surface area contributed by atoms with Gasteiger partial charge in [-0.25, -0.2) is 18.0 Å². The number of nitrogens with zero attached hydrogens (tertiary/aromatic N) is 2. The third kappa shape index (κ3) is 4.48. The third-order valence-corrected chi connectivity index (χ3v) is 7.26. The summed E-state index contributed by atoms with van der Waals surface area (Å²) in [5, 5.41) is 5.74. The molecule has 2 fully saturated rings. The molecule has 1 aromatic carbocycles. The van der Waals surface area contributed by atoms with Crippen LogP contribution < -0.4 is 20.3 Å². The molecule has 0 spiro atoms. The Morgan fingerprint density at radius 3 is 2.69 bits per heavy atom. The van der Waals surface area contributed by atoms with E-state index >= 15 is 0 Å². The highest BCUT2D eigenvalue weighted by molar-refractivity contribution is 7.89. The SMILES string of the molecule is CC(C)(C)OC(=O)NC[C@H]1OC(=O)N2c3ccc(S(=O)(=O)N4CCNCC4)cc3OC[C@@H]12. The first-order valence-electron chi connectivity index (χ1n) is 10.5. The quantitative estimate of drug-likeness (QED) is 0.667. The van der Waals surface area contributed by atoms with E-state index in [1.54, 1.807) is 26.8 Å². The van der Waals surface area contributed by atoms with E-state index in [1.807, 2.05) is 0 Å². The number of carbonyl (C=O) groups is 2. The summed E-state index contributed by atoms with van der Waals surface area (Å²) in [7, 11) is -3.66. The van der Waals surface area contributed by atoms with Crippen LogP contribution in [0.4, 0.5) is 15.3 Å². The monoisotopic (exact) mass is 468 g/mol. The minimum atomic E-state index is -3.66. The van der Waals surface area contributed by atoms with Gasteiger partial charge < -0.3 is 24.8 Å². The summed E-state index contributed by atoms with van der Waals surface area (Å²) in [5.41, 5.74) is -0.205. The van der Waals surface area contributed by atoms with Crippen molar-refractivity contribution >= 4 is 27.9 Å². The number of rotatable bonds is 4. The standard InChI is InChI=1S/C20H28N4O7S/c1-20(2,3)31-18(25)22-11-17-15-12-29-16-10-13(4-5-14(16)24(15)19(26)30-17)32(27,28)23-8-6-21-7-9-23/h4-5,10,15,17,21H,6-9,11-12H2,1-3H3,(H,22,25)/t15-,17+/m0/s1. The zero-order chi connectivity index (χ0) is 23.1. The highest BCUT2D eigenvalue weighted by Gasteiger charge is 2.47. The molecule has 3 aliphatic heterocycles. The minimum Gasteiger partial charge on any atom is -0.489 e. The predicted octanol–water partition coefficient (Wildman–Crippen LogP) is 0.891. The molecule has 3 aliphatic rings. The number of ether oxygens (including phenoxy) is 3. The zero-order valence-corrected chi connectivity index (χ0v) is 19.1. The summed E-state index contributed by atoms with van der Waals surface area (Å²) in [6.07, 6.45) is -1.81. The first-order valence-corrected chi connectivity index (χ1v) is 11.9. The van der Waals surface area contributed by atoms with Crippen molar-refractivity contribution in [1.82, 2.24) is 14.9 Å². The average Bonchev–Trinajstić information content (AvgIpc) is 3.07. The van der Waals surface area contributed by atoms with Crippen molar-refractivity contribution in [1.29, 1.82) is 0 Å². The van der Waals surface area contributed by atoms with Crippen molar-refractivity contribution in [3.05, 3.63) is 18.2 Å². The zero-order valence-electron chi connectivity index (χ0n) is 18.3. The highest BCUT2D eigenvalue weighted by Crippen LogP contribution is 2.40. The molecule has 0 radical (unpaired) electrons. The number of benzene rings is 1. The highest BCUT2D eigenvalue weighted by atomic mass is 32.2. The summed E-state index contributed by atoms with van der Waals surface area (Å²) in [4.78, 5) is 26.1. The summed E-state index contributed by atoms with van der Waals surface area (Å²) in [5.74, 6) is 0.301. The van der Waals surface area contributed by atoms with Gasteiger partial charge >= 0.3 is 12.2 Å². The lowest BCUT2D eigenvalue weighted by Crippen LogP contribution is -2.48. The molecule has 0 bridgehead atoms. The second-order valence-electron chi connectivity index (χ2n) is 8.84. The molecule has 2 saturated heterocycles. The Bertz CT molecular complexity index is 1000. The van der Waals surface area contributed by atoms with E-state index in [0.29, 0.717) is 37.6 Å². The van der Waals surface area contributed by atoms with Crippen LogP contribution in [0.2, 0.25) is 0 Å². The van der Waals surface area contributed by atoms with Crippen LogP contribution >= 0.6 is 0 Å². The van der Waals surface area contributed by atoms with E-state index in [0.717, 1.165) is 0 Å².